The highest BCUT2D eigenvalue weighted by Gasteiger charge is 2.24. The van der Waals surface area contributed by atoms with Crippen molar-refractivity contribution in [3.05, 3.63) is 24.0 Å². The molecule has 0 bridgehead atoms. The third-order valence-corrected chi connectivity index (χ3v) is 4.28. The summed E-state index contributed by atoms with van der Waals surface area (Å²) >= 11 is 1.60. The lowest BCUT2D eigenvalue weighted by atomic mass is 9.86. The molecule has 0 radical (unpaired) electrons. The number of hydrogen-bond donors (Lipinski definition) is 0. The van der Waals surface area contributed by atoms with Crippen LogP contribution < -0.4 is 0 Å². The van der Waals surface area contributed by atoms with Crippen LogP contribution in [0.4, 0.5) is 0 Å². The Bertz CT molecular complexity index is 401. The molecule has 0 spiro atoms. The average Bonchev–Trinajstić information content (AvgIpc) is 2.36. The van der Waals surface area contributed by atoms with Gasteiger partial charge in [-0.25, -0.2) is 0 Å². The van der Waals surface area contributed by atoms with Crippen molar-refractivity contribution in [1.29, 1.82) is 0 Å². The fourth-order valence-corrected chi connectivity index (χ4v) is 2.57. The van der Waals surface area contributed by atoms with Crippen molar-refractivity contribution < 1.29 is 4.79 Å². The zero-order chi connectivity index (χ0) is 13.6. The number of aryl methyl sites for hydroxylation is 1. The number of hydrogen-bond acceptors (Lipinski definition) is 3. The van der Waals surface area contributed by atoms with Gasteiger partial charge in [0, 0.05) is 22.7 Å². The Balaban J connectivity index is 2.58. The largest absolute Gasteiger partial charge is 0.298 e. The Morgan fingerprint density at radius 2 is 2.06 bits per heavy atom. The van der Waals surface area contributed by atoms with Gasteiger partial charge in [-0.1, -0.05) is 34.1 Å². The van der Waals surface area contributed by atoms with Crippen LogP contribution in [0.2, 0.25) is 0 Å². The molecule has 1 aromatic rings. The Labute approximate surface area is 115 Å². The van der Waals surface area contributed by atoms with Gasteiger partial charge in [0.1, 0.15) is 5.78 Å². The van der Waals surface area contributed by atoms with E-state index >= 15 is 0 Å². The Morgan fingerprint density at radius 3 is 2.67 bits per heavy atom. The lowest BCUT2D eigenvalue weighted by Crippen LogP contribution is -2.24. The highest BCUT2D eigenvalue weighted by atomic mass is 32.2. The van der Waals surface area contributed by atoms with Crippen molar-refractivity contribution in [2.45, 2.75) is 51.9 Å². The number of Topliss-reactive ketones (excluding diaryl/α,β-unsaturated/α-hetero) is 1. The van der Waals surface area contributed by atoms with Gasteiger partial charge >= 0.3 is 0 Å². The van der Waals surface area contributed by atoms with Crippen LogP contribution in [0.5, 0.6) is 0 Å². The molecule has 0 aromatic carbocycles. The molecule has 100 valence electrons. The summed E-state index contributed by atoms with van der Waals surface area (Å²) in [4.78, 5) is 17.4. The molecule has 0 unspecified atom stereocenters. The van der Waals surface area contributed by atoms with Crippen LogP contribution in [-0.4, -0.2) is 16.5 Å². The van der Waals surface area contributed by atoms with Crippen LogP contribution in [0.25, 0.3) is 0 Å². The van der Waals surface area contributed by atoms with Gasteiger partial charge in [-0.2, -0.15) is 0 Å². The van der Waals surface area contributed by atoms with Gasteiger partial charge in [0.2, 0.25) is 0 Å². The summed E-state index contributed by atoms with van der Waals surface area (Å²) in [7, 11) is 0. The van der Waals surface area contributed by atoms with Gasteiger partial charge in [-0.15, -0.1) is 11.8 Å². The molecule has 1 heterocycles. The summed E-state index contributed by atoms with van der Waals surface area (Å²) < 4.78 is 0. The SMILES string of the molecule is CCCc1cncc(SCC(=O)C(C)(C)CC)c1. The molecule has 1 rings (SSSR count). The Hall–Kier alpha value is -0.830. The molecule has 0 atom stereocenters. The summed E-state index contributed by atoms with van der Waals surface area (Å²) in [6, 6.07) is 2.15. The zero-order valence-corrected chi connectivity index (χ0v) is 12.6. The smallest absolute Gasteiger partial charge is 0.148 e. The molecule has 0 aliphatic rings. The van der Waals surface area contributed by atoms with Crippen LogP contribution in [0, 0.1) is 5.41 Å². The molecule has 0 saturated heterocycles. The van der Waals surface area contributed by atoms with E-state index in [9.17, 15) is 4.79 Å². The fourth-order valence-electron chi connectivity index (χ4n) is 1.51. The van der Waals surface area contributed by atoms with Gasteiger partial charge in [0.25, 0.3) is 0 Å². The van der Waals surface area contributed by atoms with Crippen molar-refractivity contribution >= 4 is 17.5 Å². The van der Waals surface area contributed by atoms with Gasteiger partial charge in [0.05, 0.1) is 5.75 Å². The number of rotatable bonds is 7. The highest BCUT2D eigenvalue weighted by molar-refractivity contribution is 8.00. The van der Waals surface area contributed by atoms with Crippen LogP contribution in [0.3, 0.4) is 0 Å². The maximum Gasteiger partial charge on any atom is 0.148 e. The third-order valence-electron chi connectivity index (χ3n) is 3.32. The topological polar surface area (TPSA) is 30.0 Å². The van der Waals surface area contributed by atoms with Gasteiger partial charge < -0.3 is 0 Å². The molecule has 3 heteroatoms. The first-order valence-electron chi connectivity index (χ1n) is 6.59. The quantitative estimate of drug-likeness (QED) is 0.694. The normalized spacial score (nSPS) is 11.6. The number of ketones is 1. The van der Waals surface area contributed by atoms with E-state index < -0.39 is 0 Å². The maximum absolute atomic E-state index is 12.0. The maximum atomic E-state index is 12.0. The lowest BCUT2D eigenvalue weighted by molar-refractivity contribution is -0.124. The predicted molar refractivity (Wildman–Crippen MR) is 78.0 cm³/mol. The molecule has 0 amide bonds. The van der Waals surface area contributed by atoms with Crippen molar-refractivity contribution in [3.8, 4) is 0 Å². The first-order chi connectivity index (χ1) is 8.49. The van der Waals surface area contributed by atoms with Crippen LogP contribution in [0.15, 0.2) is 23.4 Å². The second-order valence-corrected chi connectivity index (χ2v) is 6.28. The summed E-state index contributed by atoms with van der Waals surface area (Å²) in [5.41, 5.74) is 1.05. The number of thioether (sulfide) groups is 1. The van der Waals surface area contributed by atoms with E-state index in [0.717, 1.165) is 24.2 Å². The fraction of sp³-hybridized carbons (Fsp3) is 0.600. The van der Waals surface area contributed by atoms with E-state index in [-0.39, 0.29) is 5.41 Å². The van der Waals surface area contributed by atoms with E-state index in [0.29, 0.717) is 11.5 Å². The molecule has 0 saturated carbocycles. The zero-order valence-electron chi connectivity index (χ0n) is 11.8. The average molecular weight is 265 g/mol. The van der Waals surface area contributed by atoms with Gasteiger partial charge in [-0.3, -0.25) is 9.78 Å². The first-order valence-corrected chi connectivity index (χ1v) is 7.58. The van der Waals surface area contributed by atoms with Gasteiger partial charge in [0.15, 0.2) is 0 Å². The van der Waals surface area contributed by atoms with E-state index in [2.05, 4.69) is 24.9 Å². The minimum atomic E-state index is -0.207. The molecule has 1 aromatic heterocycles. The van der Waals surface area contributed by atoms with E-state index in [1.807, 2.05) is 26.2 Å². The minimum absolute atomic E-state index is 0.207. The van der Waals surface area contributed by atoms with Crippen molar-refractivity contribution in [1.82, 2.24) is 4.98 Å². The number of carbonyl (C=O) groups excluding carboxylic acids is 1. The van der Waals surface area contributed by atoms with Crippen LogP contribution in [-0.2, 0) is 11.2 Å². The van der Waals surface area contributed by atoms with Crippen molar-refractivity contribution in [3.63, 3.8) is 0 Å². The Kier molecular flexibility index (Phi) is 5.86. The highest BCUT2D eigenvalue weighted by Crippen LogP contribution is 2.26. The van der Waals surface area contributed by atoms with E-state index in [1.165, 1.54) is 5.56 Å². The molecule has 0 N–H and O–H groups in total. The number of carbonyl (C=O) groups is 1. The standard InChI is InChI=1S/C15H23NOS/c1-5-7-12-8-13(10-16-9-12)18-11-14(17)15(3,4)6-2/h8-10H,5-7,11H2,1-4H3. The summed E-state index contributed by atoms with van der Waals surface area (Å²) in [6.07, 6.45) is 6.81. The van der Waals surface area contributed by atoms with E-state index in [4.69, 9.17) is 0 Å². The second-order valence-electron chi connectivity index (χ2n) is 5.23. The predicted octanol–water partition coefficient (Wildman–Crippen LogP) is 4.13. The number of nitrogens with zero attached hydrogens (tertiary/aromatic N) is 1. The molecule has 0 fully saturated rings. The lowest BCUT2D eigenvalue weighted by Gasteiger charge is -2.20. The Morgan fingerprint density at radius 1 is 1.33 bits per heavy atom. The molecular formula is C15H23NOS. The summed E-state index contributed by atoms with van der Waals surface area (Å²) in [6.45, 7) is 8.25. The van der Waals surface area contributed by atoms with Crippen LogP contribution >= 0.6 is 11.8 Å². The molecule has 2 nitrogen and oxygen atoms in total. The minimum Gasteiger partial charge on any atom is -0.298 e. The number of aromatic nitrogens is 1. The molecular weight excluding hydrogens is 242 g/mol. The third kappa shape index (κ3) is 4.45. The van der Waals surface area contributed by atoms with Crippen molar-refractivity contribution in [2.24, 2.45) is 5.41 Å². The molecule has 0 aliphatic carbocycles. The number of pyridine rings is 1. The first kappa shape index (κ1) is 15.2. The summed E-state index contributed by atoms with van der Waals surface area (Å²) in [5.74, 6) is 0.855. The van der Waals surface area contributed by atoms with Crippen LogP contribution in [0.1, 0.15) is 46.1 Å². The van der Waals surface area contributed by atoms with Gasteiger partial charge in [-0.05, 0) is 24.5 Å². The molecule has 0 aliphatic heterocycles. The van der Waals surface area contributed by atoms with E-state index in [1.54, 1.807) is 11.8 Å². The van der Waals surface area contributed by atoms with Crippen molar-refractivity contribution in [2.75, 3.05) is 5.75 Å². The summed E-state index contributed by atoms with van der Waals surface area (Å²) in [5, 5.41) is 0. The second kappa shape index (κ2) is 6.93. The monoisotopic (exact) mass is 265 g/mol. The molecule has 18 heavy (non-hydrogen) atoms.